The number of benzene rings is 2. The molecule has 0 saturated heterocycles. The Kier molecular flexibility index (Phi) is 4.73. The van der Waals surface area contributed by atoms with E-state index in [1.165, 1.54) is 39.9 Å². The van der Waals surface area contributed by atoms with Crippen molar-refractivity contribution < 1.29 is 9.90 Å². The molecule has 6 heteroatoms. The van der Waals surface area contributed by atoms with Crippen LogP contribution in [0.4, 0.5) is 0 Å². The molecule has 1 N–H and O–H groups in total. The number of aliphatic carboxylic acids is 1. The summed E-state index contributed by atoms with van der Waals surface area (Å²) in [5.74, 6) is -0.00435. The Hall–Kier alpha value is -1.43. The quantitative estimate of drug-likeness (QED) is 0.429. The first-order valence-corrected chi connectivity index (χ1v) is 11.5. The van der Waals surface area contributed by atoms with Crippen molar-refractivity contribution in [2.24, 2.45) is 0 Å². The number of carbonyl (C=O) groups is 1. The van der Waals surface area contributed by atoms with Gasteiger partial charge in [-0.2, -0.15) is 0 Å². The Morgan fingerprint density at radius 1 is 1.21 bits per heavy atom. The van der Waals surface area contributed by atoms with Crippen LogP contribution in [0.15, 0.2) is 50.7 Å². The summed E-state index contributed by atoms with van der Waals surface area (Å²) in [5.41, 5.74) is 3.80. The molecule has 5 rings (SSSR count). The number of rotatable bonds is 5. The van der Waals surface area contributed by atoms with Gasteiger partial charge in [0.2, 0.25) is 0 Å². The SMILES string of the molecule is O=C(O)CC1CCn2c1c(Sc1ccc(Cl)cc1)c1c(Br)cc(C3CC3)cc12. The van der Waals surface area contributed by atoms with Gasteiger partial charge in [0.05, 0.1) is 11.9 Å². The predicted molar refractivity (Wildman–Crippen MR) is 117 cm³/mol. The number of aryl methyl sites for hydroxylation is 1. The molecule has 0 radical (unpaired) electrons. The third-order valence-corrected chi connectivity index (χ3v) is 7.73. The van der Waals surface area contributed by atoms with Crippen molar-refractivity contribution in [3.05, 3.63) is 57.2 Å². The molecule has 1 unspecified atom stereocenters. The Labute approximate surface area is 181 Å². The lowest BCUT2D eigenvalue weighted by Crippen LogP contribution is -2.04. The number of fused-ring (bicyclic) bond motifs is 3. The van der Waals surface area contributed by atoms with Crippen molar-refractivity contribution >= 4 is 56.2 Å². The van der Waals surface area contributed by atoms with E-state index in [1.807, 2.05) is 24.3 Å². The zero-order valence-corrected chi connectivity index (χ0v) is 18.3. The van der Waals surface area contributed by atoms with Gasteiger partial charge in [0.1, 0.15) is 0 Å². The van der Waals surface area contributed by atoms with Crippen molar-refractivity contribution in [2.75, 3.05) is 0 Å². The van der Waals surface area contributed by atoms with Gasteiger partial charge in [0, 0.05) is 42.8 Å². The summed E-state index contributed by atoms with van der Waals surface area (Å²) in [6.45, 7) is 0.880. The summed E-state index contributed by atoms with van der Waals surface area (Å²) >= 11 is 11.6. The van der Waals surface area contributed by atoms with Crippen LogP contribution in [0.5, 0.6) is 0 Å². The molecule has 2 heterocycles. The molecule has 144 valence electrons. The third-order valence-electron chi connectivity index (χ3n) is 5.72. The van der Waals surface area contributed by atoms with Crippen molar-refractivity contribution in [3.63, 3.8) is 0 Å². The lowest BCUT2D eigenvalue weighted by Gasteiger charge is -2.11. The molecule has 0 spiro atoms. The molecule has 1 fully saturated rings. The topological polar surface area (TPSA) is 42.2 Å². The highest BCUT2D eigenvalue weighted by Gasteiger charge is 2.33. The molecule has 1 aromatic heterocycles. The van der Waals surface area contributed by atoms with Crippen molar-refractivity contribution in [3.8, 4) is 0 Å². The molecule has 1 aliphatic carbocycles. The third kappa shape index (κ3) is 3.27. The molecule has 28 heavy (non-hydrogen) atoms. The Bertz CT molecular complexity index is 1090. The van der Waals surface area contributed by atoms with Crippen molar-refractivity contribution in [1.82, 2.24) is 4.57 Å². The van der Waals surface area contributed by atoms with E-state index in [9.17, 15) is 9.90 Å². The lowest BCUT2D eigenvalue weighted by molar-refractivity contribution is -0.137. The van der Waals surface area contributed by atoms with Crippen LogP contribution in [0, 0.1) is 0 Å². The molecule has 3 nitrogen and oxygen atoms in total. The largest absolute Gasteiger partial charge is 0.481 e. The van der Waals surface area contributed by atoms with Gasteiger partial charge in [-0.1, -0.05) is 39.3 Å². The number of aromatic nitrogens is 1. The maximum absolute atomic E-state index is 11.5. The number of hydrogen-bond acceptors (Lipinski definition) is 2. The van der Waals surface area contributed by atoms with Crippen LogP contribution in [0.3, 0.4) is 0 Å². The van der Waals surface area contributed by atoms with E-state index < -0.39 is 5.97 Å². The zero-order chi connectivity index (χ0) is 19.4. The van der Waals surface area contributed by atoms with E-state index in [0.717, 1.165) is 27.4 Å². The second-order valence-corrected chi connectivity index (χ2v) is 10.1. The van der Waals surface area contributed by atoms with E-state index in [0.29, 0.717) is 5.92 Å². The van der Waals surface area contributed by atoms with Gasteiger partial charge in [0.25, 0.3) is 0 Å². The highest BCUT2D eigenvalue weighted by Crippen LogP contribution is 2.50. The van der Waals surface area contributed by atoms with Gasteiger partial charge in [0.15, 0.2) is 0 Å². The smallest absolute Gasteiger partial charge is 0.304 e. The Balaban J connectivity index is 1.69. The maximum Gasteiger partial charge on any atom is 0.304 e. The molecule has 3 aromatic rings. The summed E-state index contributed by atoms with van der Waals surface area (Å²) in [5, 5.41) is 11.3. The van der Waals surface area contributed by atoms with E-state index >= 15 is 0 Å². The van der Waals surface area contributed by atoms with Crippen LogP contribution >= 0.6 is 39.3 Å². The van der Waals surface area contributed by atoms with Crippen LogP contribution in [0.1, 0.15) is 48.8 Å². The fourth-order valence-electron chi connectivity index (χ4n) is 4.28. The van der Waals surface area contributed by atoms with Gasteiger partial charge in [-0.3, -0.25) is 4.79 Å². The van der Waals surface area contributed by atoms with E-state index in [-0.39, 0.29) is 12.3 Å². The molecule has 1 atom stereocenters. The van der Waals surface area contributed by atoms with Crippen LogP contribution in [0.2, 0.25) is 5.02 Å². The lowest BCUT2D eigenvalue weighted by atomic mass is 10.00. The number of carboxylic acid groups (broad SMARTS) is 1. The van der Waals surface area contributed by atoms with Gasteiger partial charge in [-0.25, -0.2) is 0 Å². The first-order valence-electron chi connectivity index (χ1n) is 9.52. The van der Waals surface area contributed by atoms with Crippen LogP contribution in [-0.2, 0) is 11.3 Å². The zero-order valence-electron chi connectivity index (χ0n) is 15.1. The minimum atomic E-state index is -0.733. The monoisotopic (exact) mass is 475 g/mol. The second-order valence-electron chi connectivity index (χ2n) is 7.68. The summed E-state index contributed by atoms with van der Waals surface area (Å²) < 4.78 is 3.47. The first-order chi connectivity index (χ1) is 13.5. The fourth-order valence-corrected chi connectivity index (χ4v) is 6.41. The first kappa shape index (κ1) is 18.6. The van der Waals surface area contributed by atoms with Gasteiger partial charge < -0.3 is 9.67 Å². The number of nitrogens with zero attached hydrogens (tertiary/aromatic N) is 1. The molecule has 2 aromatic carbocycles. The normalized spacial score (nSPS) is 18.6. The van der Waals surface area contributed by atoms with Gasteiger partial charge in [-0.15, -0.1) is 0 Å². The highest BCUT2D eigenvalue weighted by molar-refractivity contribution is 9.10. The molecule has 0 amide bonds. The van der Waals surface area contributed by atoms with E-state index in [1.54, 1.807) is 11.8 Å². The van der Waals surface area contributed by atoms with Crippen LogP contribution in [0.25, 0.3) is 10.9 Å². The molecule has 1 aliphatic heterocycles. The predicted octanol–water partition coefficient (Wildman–Crippen LogP) is 7.05. The Morgan fingerprint density at radius 2 is 1.96 bits per heavy atom. The number of halogens is 2. The summed E-state index contributed by atoms with van der Waals surface area (Å²) in [4.78, 5) is 13.8. The van der Waals surface area contributed by atoms with Crippen molar-refractivity contribution in [1.29, 1.82) is 0 Å². The van der Waals surface area contributed by atoms with Crippen LogP contribution in [-0.4, -0.2) is 15.6 Å². The molecule has 2 aliphatic rings. The van der Waals surface area contributed by atoms with E-state index in [2.05, 4.69) is 32.6 Å². The average molecular weight is 477 g/mol. The van der Waals surface area contributed by atoms with Gasteiger partial charge in [-0.05, 0) is 67.1 Å². The minimum absolute atomic E-state index is 0.0518. The molecule has 0 bridgehead atoms. The summed E-state index contributed by atoms with van der Waals surface area (Å²) in [6, 6.07) is 12.4. The standard InChI is InChI=1S/C22H19BrClNO2S/c23-17-9-14(12-1-2-12)10-18-20(17)22(28-16-5-3-15(24)4-6-16)21-13(11-19(26)27)7-8-25(18)21/h3-6,9-10,12-13H,1-2,7-8,11H2,(H,26,27). The fraction of sp³-hybridized carbons (Fsp3) is 0.318. The van der Waals surface area contributed by atoms with Crippen molar-refractivity contribution in [2.45, 2.75) is 53.9 Å². The average Bonchev–Trinajstić information content (AvgIpc) is 3.36. The van der Waals surface area contributed by atoms with E-state index in [4.69, 9.17) is 11.6 Å². The maximum atomic E-state index is 11.5. The summed E-state index contributed by atoms with van der Waals surface area (Å²) in [7, 11) is 0. The molecular weight excluding hydrogens is 458 g/mol. The molecular formula is C22H19BrClNO2S. The van der Waals surface area contributed by atoms with Crippen LogP contribution < -0.4 is 0 Å². The van der Waals surface area contributed by atoms with Gasteiger partial charge >= 0.3 is 5.97 Å². The molecule has 1 saturated carbocycles. The number of carboxylic acids is 1. The minimum Gasteiger partial charge on any atom is -0.481 e. The number of hydrogen-bond donors (Lipinski definition) is 1. The summed E-state index contributed by atoms with van der Waals surface area (Å²) in [6.07, 6.45) is 3.59. The highest BCUT2D eigenvalue weighted by atomic mass is 79.9. The second kappa shape index (κ2) is 7.12. The Morgan fingerprint density at radius 3 is 2.64 bits per heavy atom.